The van der Waals surface area contributed by atoms with Gasteiger partial charge in [-0.15, -0.1) is 0 Å². The first-order valence-corrected chi connectivity index (χ1v) is 7.65. The molecule has 1 N–H and O–H groups in total. The number of aryl methyl sites for hydroxylation is 1. The van der Waals surface area contributed by atoms with Crippen LogP contribution < -0.4 is 5.32 Å². The van der Waals surface area contributed by atoms with E-state index in [2.05, 4.69) is 29.3 Å². The Hall–Kier alpha value is -2.63. The van der Waals surface area contributed by atoms with Gasteiger partial charge in [-0.05, 0) is 37.5 Å². The zero-order valence-electron chi connectivity index (χ0n) is 13.4. The Morgan fingerprint density at radius 3 is 2.91 bits per heavy atom. The maximum absolute atomic E-state index is 12.6. The average Bonchev–Trinajstić information content (AvgIpc) is 3.16. The van der Waals surface area contributed by atoms with Gasteiger partial charge in [0.2, 0.25) is 0 Å². The third-order valence-electron chi connectivity index (χ3n) is 3.64. The first-order valence-electron chi connectivity index (χ1n) is 7.65. The van der Waals surface area contributed by atoms with E-state index in [1.54, 1.807) is 31.4 Å². The molecule has 0 fully saturated rings. The van der Waals surface area contributed by atoms with Gasteiger partial charge in [-0.3, -0.25) is 4.79 Å². The van der Waals surface area contributed by atoms with Crippen molar-refractivity contribution in [1.29, 1.82) is 0 Å². The molecule has 0 saturated heterocycles. The highest BCUT2D eigenvalue weighted by molar-refractivity contribution is 6.06. The molecule has 6 nitrogen and oxygen atoms in total. The number of rotatable bonds is 5. The number of amides is 1. The van der Waals surface area contributed by atoms with Crippen molar-refractivity contribution in [3.8, 4) is 11.5 Å². The van der Waals surface area contributed by atoms with Crippen molar-refractivity contribution in [1.82, 2.24) is 15.5 Å². The number of nitrogens with one attached hydrogen (secondary N) is 1. The second-order valence-corrected chi connectivity index (χ2v) is 5.92. The molecule has 0 aliphatic heterocycles. The lowest BCUT2D eigenvalue weighted by molar-refractivity contribution is 0.0953. The molecule has 3 rings (SSSR count). The summed E-state index contributed by atoms with van der Waals surface area (Å²) in [6, 6.07) is 5.28. The predicted octanol–water partition coefficient (Wildman–Crippen LogP) is 3.57. The van der Waals surface area contributed by atoms with Crippen molar-refractivity contribution < 1.29 is 13.7 Å². The van der Waals surface area contributed by atoms with Gasteiger partial charge in [-0.1, -0.05) is 19.0 Å². The third-order valence-corrected chi connectivity index (χ3v) is 3.64. The number of nitrogens with zero attached hydrogens (tertiary/aromatic N) is 2. The lowest BCUT2D eigenvalue weighted by atomic mass is 10.1. The van der Waals surface area contributed by atoms with Crippen LogP contribution in [0.3, 0.4) is 0 Å². The zero-order valence-corrected chi connectivity index (χ0v) is 13.4. The quantitative estimate of drug-likeness (QED) is 0.778. The fourth-order valence-electron chi connectivity index (χ4n) is 2.39. The van der Waals surface area contributed by atoms with E-state index in [-0.39, 0.29) is 5.91 Å². The number of fused-ring (bicyclic) bond motifs is 1. The Morgan fingerprint density at radius 2 is 2.22 bits per heavy atom. The maximum Gasteiger partial charge on any atom is 0.259 e. The molecule has 0 aliphatic carbocycles. The maximum atomic E-state index is 12.6. The lowest BCUT2D eigenvalue weighted by Crippen LogP contribution is -2.25. The van der Waals surface area contributed by atoms with Gasteiger partial charge in [0.25, 0.3) is 11.6 Å². The highest BCUT2D eigenvalue weighted by atomic mass is 16.5. The minimum absolute atomic E-state index is 0.155. The smallest absolute Gasteiger partial charge is 0.259 e. The van der Waals surface area contributed by atoms with Crippen molar-refractivity contribution in [2.24, 2.45) is 5.92 Å². The van der Waals surface area contributed by atoms with E-state index < -0.39 is 0 Å². The fraction of sp³-hybridized carbons (Fsp3) is 0.353. The highest BCUT2D eigenvalue weighted by Gasteiger charge is 2.19. The van der Waals surface area contributed by atoms with Gasteiger partial charge in [-0.25, -0.2) is 4.98 Å². The molecule has 3 aromatic heterocycles. The van der Waals surface area contributed by atoms with Crippen LogP contribution in [0.4, 0.5) is 0 Å². The summed E-state index contributed by atoms with van der Waals surface area (Å²) in [6.45, 7) is 6.66. The number of hydrogen-bond acceptors (Lipinski definition) is 5. The summed E-state index contributed by atoms with van der Waals surface area (Å²) >= 11 is 0. The molecule has 0 aliphatic rings. The van der Waals surface area contributed by atoms with Crippen molar-refractivity contribution in [2.75, 3.05) is 6.54 Å². The molecule has 0 radical (unpaired) electrons. The summed E-state index contributed by atoms with van der Waals surface area (Å²) in [6.07, 6.45) is 2.49. The zero-order chi connectivity index (χ0) is 16.4. The first-order chi connectivity index (χ1) is 11.1. The summed E-state index contributed by atoms with van der Waals surface area (Å²) in [4.78, 5) is 17.0. The molecule has 0 atom stereocenters. The summed E-state index contributed by atoms with van der Waals surface area (Å²) in [7, 11) is 0. The van der Waals surface area contributed by atoms with E-state index in [0.717, 1.165) is 6.42 Å². The van der Waals surface area contributed by atoms with Crippen LogP contribution in [0.5, 0.6) is 0 Å². The van der Waals surface area contributed by atoms with Gasteiger partial charge >= 0.3 is 0 Å². The van der Waals surface area contributed by atoms with Gasteiger partial charge in [0, 0.05) is 6.54 Å². The van der Waals surface area contributed by atoms with E-state index in [4.69, 9.17) is 8.94 Å². The molecule has 3 heterocycles. The Kier molecular flexibility index (Phi) is 4.14. The summed E-state index contributed by atoms with van der Waals surface area (Å²) in [5.41, 5.74) is 2.04. The highest BCUT2D eigenvalue weighted by Crippen LogP contribution is 2.27. The molecule has 0 bridgehead atoms. The van der Waals surface area contributed by atoms with Crippen LogP contribution in [0.1, 0.15) is 36.3 Å². The van der Waals surface area contributed by atoms with E-state index in [9.17, 15) is 4.79 Å². The minimum atomic E-state index is -0.155. The molecular formula is C17H19N3O3. The molecule has 3 aromatic rings. The average molecular weight is 313 g/mol. The van der Waals surface area contributed by atoms with Gasteiger partial charge in [0.1, 0.15) is 5.69 Å². The van der Waals surface area contributed by atoms with Gasteiger partial charge in [-0.2, -0.15) is 0 Å². The van der Waals surface area contributed by atoms with E-state index in [1.165, 1.54) is 0 Å². The molecule has 6 heteroatoms. The number of carbonyl (C=O) groups excluding carboxylic acids is 1. The van der Waals surface area contributed by atoms with Crippen LogP contribution in [0.15, 0.2) is 33.4 Å². The molecule has 0 saturated carbocycles. The SMILES string of the molecule is Cc1noc2nc(-c3ccco3)cc(C(=O)NCCC(C)C)c12. The van der Waals surface area contributed by atoms with Crippen LogP contribution in [-0.4, -0.2) is 22.6 Å². The van der Waals surface area contributed by atoms with Gasteiger partial charge < -0.3 is 14.3 Å². The number of aromatic nitrogens is 2. The largest absolute Gasteiger partial charge is 0.463 e. The Labute approximate surface area is 133 Å². The summed E-state index contributed by atoms with van der Waals surface area (Å²) in [5, 5.41) is 7.51. The molecular weight excluding hydrogens is 294 g/mol. The van der Waals surface area contributed by atoms with Crippen LogP contribution in [0, 0.1) is 12.8 Å². The molecule has 0 unspecified atom stereocenters. The molecule has 0 spiro atoms. The van der Waals surface area contributed by atoms with Crippen LogP contribution in [0.2, 0.25) is 0 Å². The normalized spacial score (nSPS) is 11.3. The topological polar surface area (TPSA) is 81.2 Å². The summed E-state index contributed by atoms with van der Waals surface area (Å²) in [5.74, 6) is 0.957. The third kappa shape index (κ3) is 3.11. The number of hydrogen-bond donors (Lipinski definition) is 1. The van der Waals surface area contributed by atoms with E-state index in [1.807, 2.05) is 0 Å². The first kappa shape index (κ1) is 15.3. The number of carbonyl (C=O) groups is 1. The fourth-order valence-corrected chi connectivity index (χ4v) is 2.39. The second kappa shape index (κ2) is 6.24. The van der Waals surface area contributed by atoms with E-state index >= 15 is 0 Å². The van der Waals surface area contributed by atoms with Crippen LogP contribution >= 0.6 is 0 Å². The Morgan fingerprint density at radius 1 is 1.39 bits per heavy atom. The second-order valence-electron chi connectivity index (χ2n) is 5.92. The summed E-state index contributed by atoms with van der Waals surface area (Å²) < 4.78 is 10.6. The van der Waals surface area contributed by atoms with Crippen molar-refractivity contribution in [2.45, 2.75) is 27.2 Å². The van der Waals surface area contributed by atoms with Crippen LogP contribution in [-0.2, 0) is 0 Å². The lowest BCUT2D eigenvalue weighted by Gasteiger charge is -2.08. The Balaban J connectivity index is 1.99. The predicted molar refractivity (Wildman–Crippen MR) is 86.0 cm³/mol. The van der Waals surface area contributed by atoms with Gasteiger partial charge in [0.15, 0.2) is 5.76 Å². The van der Waals surface area contributed by atoms with E-state index in [0.29, 0.717) is 46.3 Å². The van der Waals surface area contributed by atoms with Gasteiger partial charge in [0.05, 0.1) is 22.9 Å². The van der Waals surface area contributed by atoms with Crippen molar-refractivity contribution >= 4 is 17.0 Å². The van der Waals surface area contributed by atoms with Crippen molar-refractivity contribution in [3.05, 3.63) is 35.7 Å². The number of furan rings is 1. The molecule has 1 amide bonds. The Bertz CT molecular complexity index is 819. The number of pyridine rings is 1. The monoisotopic (exact) mass is 313 g/mol. The minimum Gasteiger partial charge on any atom is -0.463 e. The standard InChI is InChI=1S/C17H19N3O3/c1-10(2)6-7-18-16(21)12-9-13(14-5-4-8-22-14)19-17-15(12)11(3)20-23-17/h4-5,8-10H,6-7H2,1-3H3,(H,18,21). The molecule has 0 aromatic carbocycles. The molecule has 120 valence electrons. The molecule has 23 heavy (non-hydrogen) atoms. The van der Waals surface area contributed by atoms with Crippen molar-refractivity contribution in [3.63, 3.8) is 0 Å². The van der Waals surface area contributed by atoms with Crippen LogP contribution in [0.25, 0.3) is 22.6 Å².